The molecular weight excluding hydrogens is 254 g/mol. The molecule has 1 saturated carbocycles. The lowest BCUT2D eigenvalue weighted by Gasteiger charge is -2.38. The van der Waals surface area contributed by atoms with Gasteiger partial charge >= 0.3 is 0 Å². The van der Waals surface area contributed by atoms with Crippen LogP contribution < -0.4 is 0 Å². The molecule has 0 unspecified atom stereocenters. The molecule has 1 nitrogen and oxygen atoms in total. The SMILES string of the molecule is CCCCCCCC1(c2ccccc2C#N)CCCCC1. The van der Waals surface area contributed by atoms with Crippen molar-refractivity contribution in [1.82, 2.24) is 0 Å². The largest absolute Gasteiger partial charge is 0.192 e. The van der Waals surface area contributed by atoms with Crippen molar-refractivity contribution < 1.29 is 0 Å². The van der Waals surface area contributed by atoms with Crippen LogP contribution in [-0.2, 0) is 5.41 Å². The summed E-state index contributed by atoms with van der Waals surface area (Å²) in [5, 5.41) is 9.46. The monoisotopic (exact) mass is 283 g/mol. The number of unbranched alkanes of at least 4 members (excludes halogenated alkanes) is 4. The Kier molecular flexibility index (Phi) is 6.30. The molecule has 1 heteroatoms. The first kappa shape index (κ1) is 16.1. The van der Waals surface area contributed by atoms with E-state index in [4.69, 9.17) is 0 Å². The Morgan fingerprint density at radius 1 is 1.00 bits per heavy atom. The van der Waals surface area contributed by atoms with E-state index in [2.05, 4.69) is 25.1 Å². The van der Waals surface area contributed by atoms with Crippen LogP contribution in [0, 0.1) is 11.3 Å². The van der Waals surface area contributed by atoms with Gasteiger partial charge in [-0.15, -0.1) is 0 Å². The van der Waals surface area contributed by atoms with E-state index in [1.807, 2.05) is 12.1 Å². The molecule has 0 spiro atoms. The van der Waals surface area contributed by atoms with E-state index < -0.39 is 0 Å². The highest BCUT2D eigenvalue weighted by molar-refractivity contribution is 5.42. The van der Waals surface area contributed by atoms with Gasteiger partial charge in [0.15, 0.2) is 0 Å². The van der Waals surface area contributed by atoms with Crippen LogP contribution >= 0.6 is 0 Å². The highest BCUT2D eigenvalue weighted by Gasteiger charge is 2.34. The van der Waals surface area contributed by atoms with Crippen molar-refractivity contribution in [3.8, 4) is 6.07 Å². The zero-order chi connectivity index (χ0) is 15.0. The van der Waals surface area contributed by atoms with E-state index in [1.54, 1.807) is 0 Å². The van der Waals surface area contributed by atoms with E-state index in [-0.39, 0.29) is 5.41 Å². The summed E-state index contributed by atoms with van der Waals surface area (Å²) in [5.41, 5.74) is 2.53. The van der Waals surface area contributed by atoms with Crippen LogP contribution in [0.2, 0.25) is 0 Å². The van der Waals surface area contributed by atoms with E-state index in [1.165, 1.54) is 76.2 Å². The molecule has 114 valence electrons. The topological polar surface area (TPSA) is 23.8 Å². The molecule has 1 fully saturated rings. The standard InChI is InChI=1S/C20H29N/c1-2-3-4-5-9-14-20(15-10-6-11-16-20)19-13-8-7-12-18(19)17-21/h7-8,12-13H,2-6,9-11,14-16H2,1H3. The number of hydrogen-bond donors (Lipinski definition) is 0. The highest BCUT2D eigenvalue weighted by atomic mass is 14.4. The maximum absolute atomic E-state index is 9.46. The van der Waals surface area contributed by atoms with Crippen LogP contribution in [0.5, 0.6) is 0 Å². The van der Waals surface area contributed by atoms with E-state index in [9.17, 15) is 5.26 Å². The summed E-state index contributed by atoms with van der Waals surface area (Å²) in [7, 11) is 0. The Labute approximate surface area is 130 Å². The van der Waals surface area contributed by atoms with Gasteiger partial charge in [0.05, 0.1) is 11.6 Å². The second-order valence-corrected chi connectivity index (χ2v) is 6.66. The third-order valence-electron chi connectivity index (χ3n) is 5.19. The molecule has 0 aliphatic heterocycles. The van der Waals surface area contributed by atoms with E-state index in [0.29, 0.717) is 0 Å². The number of benzene rings is 1. The average molecular weight is 283 g/mol. The predicted octanol–water partition coefficient (Wildman–Crippen LogP) is 6.12. The molecule has 1 aromatic carbocycles. The number of nitriles is 1. The summed E-state index contributed by atoms with van der Waals surface area (Å²) < 4.78 is 0. The molecule has 0 atom stereocenters. The van der Waals surface area contributed by atoms with Crippen molar-refractivity contribution in [3.63, 3.8) is 0 Å². The van der Waals surface area contributed by atoms with E-state index in [0.717, 1.165) is 5.56 Å². The molecule has 0 amide bonds. The van der Waals surface area contributed by atoms with E-state index >= 15 is 0 Å². The summed E-state index contributed by atoms with van der Waals surface area (Å²) in [4.78, 5) is 0. The molecule has 0 heterocycles. The van der Waals surface area contributed by atoms with Gasteiger partial charge in [0.1, 0.15) is 0 Å². The molecule has 0 aromatic heterocycles. The van der Waals surface area contributed by atoms with Crippen LogP contribution in [0.1, 0.15) is 88.7 Å². The fraction of sp³-hybridized carbons (Fsp3) is 0.650. The van der Waals surface area contributed by atoms with Crippen molar-refractivity contribution in [3.05, 3.63) is 35.4 Å². The third kappa shape index (κ3) is 4.10. The summed E-state index contributed by atoms with van der Waals surface area (Å²) >= 11 is 0. The van der Waals surface area contributed by atoms with Crippen molar-refractivity contribution in [1.29, 1.82) is 5.26 Å². The van der Waals surface area contributed by atoms with Gasteiger partial charge in [-0.05, 0) is 36.3 Å². The summed E-state index contributed by atoms with van der Waals surface area (Å²) in [5.74, 6) is 0. The zero-order valence-electron chi connectivity index (χ0n) is 13.5. The van der Waals surface area contributed by atoms with Crippen LogP contribution in [0.3, 0.4) is 0 Å². The molecule has 0 N–H and O–H groups in total. The predicted molar refractivity (Wildman–Crippen MR) is 89.3 cm³/mol. The van der Waals surface area contributed by atoms with Crippen LogP contribution in [-0.4, -0.2) is 0 Å². The third-order valence-corrected chi connectivity index (χ3v) is 5.19. The lowest BCUT2D eigenvalue weighted by molar-refractivity contribution is 0.265. The minimum Gasteiger partial charge on any atom is -0.192 e. The smallest absolute Gasteiger partial charge is 0.0994 e. The molecule has 1 aliphatic carbocycles. The van der Waals surface area contributed by atoms with Gasteiger partial charge in [-0.3, -0.25) is 0 Å². The summed E-state index contributed by atoms with van der Waals surface area (Å²) in [6.45, 7) is 2.27. The first-order valence-electron chi connectivity index (χ1n) is 8.82. The van der Waals surface area contributed by atoms with Crippen molar-refractivity contribution >= 4 is 0 Å². The normalized spacial score (nSPS) is 17.3. The van der Waals surface area contributed by atoms with Gasteiger partial charge in [-0.2, -0.15) is 5.26 Å². The van der Waals surface area contributed by atoms with Crippen molar-refractivity contribution in [2.45, 2.75) is 83.0 Å². The van der Waals surface area contributed by atoms with Gasteiger partial charge in [-0.1, -0.05) is 76.5 Å². The Balaban J connectivity index is 2.11. The van der Waals surface area contributed by atoms with Gasteiger partial charge in [0, 0.05) is 0 Å². The van der Waals surface area contributed by atoms with Gasteiger partial charge in [0.2, 0.25) is 0 Å². The maximum atomic E-state index is 9.46. The Morgan fingerprint density at radius 3 is 2.43 bits per heavy atom. The van der Waals surface area contributed by atoms with Gasteiger partial charge < -0.3 is 0 Å². The van der Waals surface area contributed by atoms with Crippen LogP contribution in [0.4, 0.5) is 0 Å². The fourth-order valence-corrected chi connectivity index (χ4v) is 3.99. The maximum Gasteiger partial charge on any atom is 0.0994 e. The fourth-order valence-electron chi connectivity index (χ4n) is 3.99. The Bertz CT molecular complexity index is 463. The number of hydrogen-bond acceptors (Lipinski definition) is 1. The second-order valence-electron chi connectivity index (χ2n) is 6.66. The summed E-state index contributed by atoms with van der Waals surface area (Å²) in [6.07, 6.45) is 14.6. The molecule has 21 heavy (non-hydrogen) atoms. The quantitative estimate of drug-likeness (QED) is 0.553. The second kappa shape index (κ2) is 8.23. The minimum absolute atomic E-state index is 0.288. The molecule has 1 aromatic rings. The first-order chi connectivity index (χ1) is 10.3. The molecule has 0 saturated heterocycles. The number of nitrogens with zero attached hydrogens (tertiary/aromatic N) is 1. The van der Waals surface area contributed by atoms with Crippen molar-refractivity contribution in [2.75, 3.05) is 0 Å². The lowest BCUT2D eigenvalue weighted by Crippen LogP contribution is -2.30. The number of rotatable bonds is 7. The minimum atomic E-state index is 0.288. The molecular formula is C20H29N. The van der Waals surface area contributed by atoms with Gasteiger partial charge in [0.25, 0.3) is 0 Å². The van der Waals surface area contributed by atoms with Gasteiger partial charge in [-0.25, -0.2) is 0 Å². The lowest BCUT2D eigenvalue weighted by atomic mass is 9.65. The Morgan fingerprint density at radius 2 is 1.71 bits per heavy atom. The molecule has 1 aliphatic rings. The van der Waals surface area contributed by atoms with Crippen molar-refractivity contribution in [2.24, 2.45) is 0 Å². The average Bonchev–Trinajstić information content (AvgIpc) is 2.55. The molecule has 0 radical (unpaired) electrons. The highest BCUT2D eigenvalue weighted by Crippen LogP contribution is 2.44. The molecule has 0 bridgehead atoms. The van der Waals surface area contributed by atoms with Crippen LogP contribution in [0.15, 0.2) is 24.3 Å². The van der Waals surface area contributed by atoms with Crippen LogP contribution in [0.25, 0.3) is 0 Å². The first-order valence-corrected chi connectivity index (χ1v) is 8.82. The summed E-state index contributed by atoms with van der Waals surface area (Å²) in [6, 6.07) is 10.8. The Hall–Kier alpha value is -1.29. The molecule has 2 rings (SSSR count). The zero-order valence-corrected chi connectivity index (χ0v) is 13.5.